The molecule has 0 fully saturated rings. The number of hydrogen-bond donors (Lipinski definition) is 0. The lowest BCUT2D eigenvalue weighted by molar-refractivity contribution is 0.619. The third-order valence-electron chi connectivity index (χ3n) is 8.66. The summed E-state index contributed by atoms with van der Waals surface area (Å²) in [6.07, 6.45) is 1.68. The Labute approximate surface area is 283 Å². The van der Waals surface area contributed by atoms with Crippen LogP contribution in [-0.2, 0) is 0 Å². The first-order valence-electron chi connectivity index (χ1n) is 21.1. The van der Waals surface area contributed by atoms with Gasteiger partial charge in [0.05, 0.1) is 29.5 Å². The van der Waals surface area contributed by atoms with Crippen molar-refractivity contribution in [3.63, 3.8) is 0 Å². The van der Waals surface area contributed by atoms with Gasteiger partial charge in [-0.2, -0.15) is 0 Å². The zero-order valence-electron chi connectivity index (χ0n) is 36.8. The Balaban J connectivity index is 1.38. The highest BCUT2D eigenvalue weighted by atomic mass is 16.3. The molecule has 0 amide bonds. The van der Waals surface area contributed by atoms with Crippen molar-refractivity contribution < 1.29 is 26.7 Å². The second-order valence-corrected chi connectivity index (χ2v) is 11.1. The van der Waals surface area contributed by atoms with Gasteiger partial charge < -0.3 is 8.83 Å². The smallest absolute Gasteiger partial charge is 0.146 e. The Morgan fingerprint density at radius 3 is 1.91 bits per heavy atom. The molecule has 0 atom stereocenters. The summed E-state index contributed by atoms with van der Waals surface area (Å²) in [4.78, 5) is 0. The van der Waals surface area contributed by atoms with E-state index >= 15 is 0 Å². The monoisotopic (exact) mass is 599 g/mol. The lowest BCUT2D eigenvalue weighted by Crippen LogP contribution is -1.90. The van der Waals surface area contributed by atoms with Crippen LogP contribution in [0.25, 0.3) is 98.6 Å². The average Bonchev–Trinajstić information content (AvgIpc) is 3.86. The third kappa shape index (κ3) is 3.59. The minimum atomic E-state index is -0.729. The van der Waals surface area contributed by atoms with Gasteiger partial charge in [-0.15, -0.1) is 0 Å². The molecule has 0 bridgehead atoms. The van der Waals surface area contributed by atoms with Crippen molar-refractivity contribution in [2.45, 2.75) is 0 Å². The second kappa shape index (κ2) is 9.69. The molecule has 2 heteroatoms. The van der Waals surface area contributed by atoms with Crippen molar-refractivity contribution in [3.05, 3.63) is 158 Å². The largest absolute Gasteiger partial charge is 0.463 e. The summed E-state index contributed by atoms with van der Waals surface area (Å²) in [6, 6.07) is 14.4. The highest BCUT2D eigenvalue weighted by Crippen LogP contribution is 2.47. The molecule has 10 rings (SSSR count). The lowest BCUT2D eigenvalue weighted by atomic mass is 9.85. The number of rotatable bonds is 3. The first-order valence-corrected chi connectivity index (χ1v) is 14.6. The van der Waals surface area contributed by atoms with Crippen LogP contribution in [0.2, 0.25) is 0 Å². The van der Waals surface area contributed by atoms with Crippen LogP contribution in [0.1, 0.15) is 17.8 Å². The standard InChI is InChI=1S/C44H26O2/c1-2-12-28(13-3-1)40-31-15-6-8-17-33(31)41(34-18-9-7-16-32(34)40)36-19-10-20-37-42-39(46-43(36)37)24-23-35-38(26-45-44(35)42)30-22-21-27-11-4-5-14-29(27)25-30/h1-26H/i1D,2D,3D,6D,7D,8D,9D,12D,13D,15D,16D,17D,18D. The number of fused-ring (bicyclic) bond motifs is 8. The molecular weight excluding hydrogens is 560 g/mol. The van der Waals surface area contributed by atoms with Crippen LogP contribution in [0.5, 0.6) is 0 Å². The zero-order valence-corrected chi connectivity index (χ0v) is 23.8. The van der Waals surface area contributed by atoms with Crippen LogP contribution < -0.4 is 0 Å². The summed E-state index contributed by atoms with van der Waals surface area (Å²) in [6.45, 7) is 0. The maximum atomic E-state index is 9.33. The molecule has 8 aromatic carbocycles. The summed E-state index contributed by atoms with van der Waals surface area (Å²) in [7, 11) is 0. The first kappa shape index (κ1) is 15.7. The highest BCUT2D eigenvalue weighted by molar-refractivity contribution is 6.26. The summed E-state index contributed by atoms with van der Waals surface area (Å²) in [5.74, 6) is 0. The molecule has 2 nitrogen and oxygen atoms in total. The zero-order chi connectivity index (χ0) is 41.5. The van der Waals surface area contributed by atoms with E-state index in [1.807, 2.05) is 42.5 Å². The molecular formula is C44H26O2. The van der Waals surface area contributed by atoms with Gasteiger partial charge in [-0.3, -0.25) is 0 Å². The number of hydrogen-bond acceptors (Lipinski definition) is 2. The summed E-state index contributed by atoms with van der Waals surface area (Å²) in [5.41, 5.74) is 2.37. The molecule has 0 aliphatic heterocycles. The van der Waals surface area contributed by atoms with Gasteiger partial charge in [0, 0.05) is 27.5 Å². The lowest BCUT2D eigenvalue weighted by Gasteiger charge is -2.17. The second-order valence-electron chi connectivity index (χ2n) is 11.1. The van der Waals surface area contributed by atoms with Gasteiger partial charge in [0.25, 0.3) is 0 Å². The number of furan rings is 2. The maximum absolute atomic E-state index is 9.33. The molecule has 2 aromatic heterocycles. The van der Waals surface area contributed by atoms with Gasteiger partial charge in [0.15, 0.2) is 0 Å². The minimum absolute atomic E-state index is 0.0117. The Kier molecular flexibility index (Phi) is 3.32. The summed E-state index contributed by atoms with van der Waals surface area (Å²) in [5, 5.41) is 3.17. The fraction of sp³-hybridized carbons (Fsp3) is 0. The summed E-state index contributed by atoms with van der Waals surface area (Å²) < 4.78 is 128. The van der Waals surface area contributed by atoms with E-state index in [0.717, 1.165) is 27.3 Å². The van der Waals surface area contributed by atoms with Crippen LogP contribution in [0.4, 0.5) is 0 Å². The summed E-state index contributed by atoms with van der Waals surface area (Å²) >= 11 is 0. The first-order chi connectivity index (χ1) is 28.2. The molecule has 0 saturated heterocycles. The Hall–Kier alpha value is -6.12. The maximum Gasteiger partial charge on any atom is 0.146 e. The molecule has 0 spiro atoms. The van der Waals surface area contributed by atoms with E-state index in [1.165, 1.54) is 0 Å². The van der Waals surface area contributed by atoms with Crippen LogP contribution in [0.15, 0.2) is 166 Å². The van der Waals surface area contributed by atoms with E-state index in [9.17, 15) is 5.48 Å². The van der Waals surface area contributed by atoms with E-state index in [4.69, 9.17) is 21.2 Å². The van der Waals surface area contributed by atoms with Crippen LogP contribution in [-0.4, -0.2) is 0 Å². The van der Waals surface area contributed by atoms with Crippen molar-refractivity contribution in [1.82, 2.24) is 0 Å². The Morgan fingerprint density at radius 1 is 0.457 bits per heavy atom. The number of benzene rings is 8. The van der Waals surface area contributed by atoms with Crippen molar-refractivity contribution in [2.24, 2.45) is 0 Å². The molecule has 46 heavy (non-hydrogen) atoms. The van der Waals surface area contributed by atoms with E-state index < -0.39 is 84.1 Å². The molecule has 214 valence electrons. The predicted octanol–water partition coefficient (Wildman–Crippen LogP) is 12.8. The van der Waals surface area contributed by atoms with Gasteiger partial charge in [0.1, 0.15) is 16.7 Å². The molecule has 0 N–H and O–H groups in total. The van der Waals surface area contributed by atoms with Gasteiger partial charge in [-0.1, -0.05) is 133 Å². The van der Waals surface area contributed by atoms with Crippen LogP contribution in [0.3, 0.4) is 0 Å². The fourth-order valence-electron chi connectivity index (χ4n) is 6.67. The third-order valence-corrected chi connectivity index (χ3v) is 8.66. The minimum Gasteiger partial charge on any atom is -0.463 e. The molecule has 0 aliphatic carbocycles. The van der Waals surface area contributed by atoms with E-state index in [2.05, 4.69) is 6.07 Å². The SMILES string of the molecule is [2H]c1c([2H])c([2H])c(-c2c3c([2H])c([2H])c([2H])c([2H])c3c(-c3cccc4c3oc3ccc5c(-c6ccc7ccccc7c6)coc5c34)c3c([2H])c([2H])c([2H])c([2H])c23)c([2H])c1[2H]. The van der Waals surface area contributed by atoms with Gasteiger partial charge in [-0.05, 0) is 67.2 Å². The van der Waals surface area contributed by atoms with Gasteiger partial charge in [-0.25, -0.2) is 0 Å². The van der Waals surface area contributed by atoms with Crippen molar-refractivity contribution in [2.75, 3.05) is 0 Å². The van der Waals surface area contributed by atoms with Crippen molar-refractivity contribution >= 4 is 65.2 Å². The predicted molar refractivity (Wildman–Crippen MR) is 192 cm³/mol. The topological polar surface area (TPSA) is 26.3 Å². The fourth-order valence-corrected chi connectivity index (χ4v) is 6.67. The van der Waals surface area contributed by atoms with Gasteiger partial charge >= 0.3 is 0 Å². The molecule has 0 radical (unpaired) electrons. The molecule has 0 unspecified atom stereocenters. The Morgan fingerprint density at radius 2 is 1.15 bits per heavy atom. The molecule has 10 aromatic rings. The van der Waals surface area contributed by atoms with E-state index in [-0.39, 0.29) is 43.8 Å². The van der Waals surface area contributed by atoms with E-state index in [1.54, 1.807) is 30.5 Å². The highest BCUT2D eigenvalue weighted by Gasteiger charge is 2.22. The van der Waals surface area contributed by atoms with Crippen LogP contribution >= 0.6 is 0 Å². The molecule has 0 aliphatic rings. The quantitative estimate of drug-likeness (QED) is 0.189. The average molecular weight is 600 g/mol. The normalized spacial score (nSPS) is 15.9. The number of para-hydroxylation sites is 1. The molecule has 2 heterocycles. The van der Waals surface area contributed by atoms with Crippen LogP contribution in [0, 0.1) is 0 Å². The molecule has 0 saturated carbocycles. The van der Waals surface area contributed by atoms with E-state index in [0.29, 0.717) is 21.9 Å². The van der Waals surface area contributed by atoms with Gasteiger partial charge in [0.2, 0.25) is 0 Å². The van der Waals surface area contributed by atoms with Crippen molar-refractivity contribution in [1.29, 1.82) is 0 Å². The Bertz CT molecular complexity index is 3440. The van der Waals surface area contributed by atoms with Crippen molar-refractivity contribution in [3.8, 4) is 33.4 Å².